The van der Waals surface area contributed by atoms with E-state index in [-0.39, 0.29) is 5.91 Å². The van der Waals surface area contributed by atoms with Crippen molar-refractivity contribution in [2.24, 2.45) is 11.5 Å². The largest absolute Gasteiger partial charge is 0.490 e. The number of carboxylic acid groups (broad SMARTS) is 1. The highest BCUT2D eigenvalue weighted by Crippen LogP contribution is 2.21. The Morgan fingerprint density at radius 2 is 1.53 bits per heavy atom. The molecule has 6 N–H and O–H groups in total. The van der Waals surface area contributed by atoms with Crippen molar-refractivity contribution in [3.05, 3.63) is 78.4 Å². The van der Waals surface area contributed by atoms with Crippen molar-refractivity contribution >= 4 is 28.6 Å². The molecule has 1 amide bonds. The highest BCUT2D eigenvalue weighted by molar-refractivity contribution is 5.89. The summed E-state index contributed by atoms with van der Waals surface area (Å²) in [6.45, 7) is 0.412. The fourth-order valence-corrected chi connectivity index (χ4v) is 3.37. The summed E-state index contributed by atoms with van der Waals surface area (Å²) in [4.78, 5) is 34.3. The summed E-state index contributed by atoms with van der Waals surface area (Å²) < 4.78 is 37.3. The van der Waals surface area contributed by atoms with Crippen LogP contribution in [0.5, 0.6) is 5.75 Å². The van der Waals surface area contributed by atoms with E-state index in [1.54, 1.807) is 12.1 Å². The van der Waals surface area contributed by atoms with E-state index in [9.17, 15) is 22.8 Å². The fraction of sp³-hybridized carbons (Fsp3) is 0.296. The number of carbonyl (C=O) groups is 3. The average Bonchev–Trinajstić information content (AvgIpc) is 2.89. The van der Waals surface area contributed by atoms with E-state index in [0.717, 1.165) is 16.3 Å². The van der Waals surface area contributed by atoms with E-state index in [1.807, 2.05) is 60.7 Å². The lowest BCUT2D eigenvalue weighted by atomic mass is 10.0. The predicted molar refractivity (Wildman–Crippen MR) is 136 cm³/mol. The van der Waals surface area contributed by atoms with Gasteiger partial charge >= 0.3 is 18.1 Å². The van der Waals surface area contributed by atoms with E-state index in [4.69, 9.17) is 26.1 Å². The maximum absolute atomic E-state index is 12.8. The lowest BCUT2D eigenvalue weighted by molar-refractivity contribution is -0.192. The van der Waals surface area contributed by atoms with E-state index in [1.165, 1.54) is 0 Å². The van der Waals surface area contributed by atoms with Gasteiger partial charge in [0.2, 0.25) is 5.91 Å². The highest BCUT2D eigenvalue weighted by atomic mass is 19.4. The molecule has 0 aliphatic heterocycles. The molecular formula is C27H30F3N3O5. The molecule has 3 rings (SSSR count). The zero-order valence-electron chi connectivity index (χ0n) is 20.5. The molecule has 3 aromatic rings. The number of hydrogen-bond donors (Lipinski definition) is 4. The number of aryl methyl sites for hydroxylation is 1. The van der Waals surface area contributed by atoms with Crippen LogP contribution >= 0.6 is 0 Å². The second-order valence-electron chi connectivity index (χ2n) is 8.36. The quantitative estimate of drug-likeness (QED) is 0.230. The molecule has 0 heterocycles. The first-order valence-electron chi connectivity index (χ1n) is 11.8. The molecule has 11 heteroatoms. The Hall–Kier alpha value is -3.96. The molecule has 0 fully saturated rings. The number of aliphatic carboxylic acids is 1. The van der Waals surface area contributed by atoms with Gasteiger partial charge in [-0.05, 0) is 60.7 Å². The molecule has 0 aliphatic carbocycles. The number of carbonyl (C=O) groups excluding carboxylic acids is 2. The molecule has 8 nitrogen and oxygen atoms in total. The fourth-order valence-electron chi connectivity index (χ4n) is 3.37. The van der Waals surface area contributed by atoms with Crippen LogP contribution in [0.1, 0.15) is 24.8 Å². The minimum absolute atomic E-state index is 0.367. The molecule has 0 bridgehead atoms. The molecular weight excluding hydrogens is 503 g/mol. The second kappa shape index (κ2) is 14.7. The van der Waals surface area contributed by atoms with Crippen LogP contribution in [0.15, 0.2) is 72.8 Å². The van der Waals surface area contributed by atoms with Crippen LogP contribution < -0.4 is 21.5 Å². The number of amides is 1. The van der Waals surface area contributed by atoms with Crippen LogP contribution in [0.3, 0.4) is 0 Å². The van der Waals surface area contributed by atoms with Gasteiger partial charge in [-0.2, -0.15) is 13.2 Å². The van der Waals surface area contributed by atoms with Crippen LogP contribution in [-0.2, 0) is 20.8 Å². The molecule has 0 saturated carbocycles. The first kappa shape index (κ1) is 30.3. The van der Waals surface area contributed by atoms with E-state index in [2.05, 4.69) is 5.32 Å². The van der Waals surface area contributed by atoms with Crippen LogP contribution in [0.2, 0.25) is 0 Å². The monoisotopic (exact) mass is 533 g/mol. The third-order valence-corrected chi connectivity index (χ3v) is 5.40. The summed E-state index contributed by atoms with van der Waals surface area (Å²) in [7, 11) is 0. The number of rotatable bonds is 10. The number of fused-ring (bicyclic) bond motifs is 1. The molecule has 0 radical (unpaired) electrons. The molecule has 38 heavy (non-hydrogen) atoms. The summed E-state index contributed by atoms with van der Waals surface area (Å²) >= 11 is 0. The smallest absolute Gasteiger partial charge is 0.475 e. The number of nitrogens with one attached hydrogen (secondary N) is 1. The van der Waals surface area contributed by atoms with Gasteiger partial charge in [0.15, 0.2) is 0 Å². The maximum atomic E-state index is 12.8. The number of ether oxygens (including phenoxy) is 1. The molecule has 204 valence electrons. The Bertz CT molecular complexity index is 1210. The van der Waals surface area contributed by atoms with Gasteiger partial charge in [0, 0.05) is 0 Å². The van der Waals surface area contributed by atoms with Gasteiger partial charge in [0.25, 0.3) is 0 Å². The van der Waals surface area contributed by atoms with Gasteiger partial charge in [0.05, 0.1) is 6.04 Å². The summed E-state index contributed by atoms with van der Waals surface area (Å²) in [5.41, 5.74) is 12.8. The molecule has 0 unspecified atom stereocenters. The minimum Gasteiger partial charge on any atom is -0.475 e. The zero-order chi connectivity index (χ0) is 28.1. The third-order valence-electron chi connectivity index (χ3n) is 5.40. The van der Waals surface area contributed by atoms with Gasteiger partial charge in [-0.25, -0.2) is 9.59 Å². The Labute approximate surface area is 217 Å². The van der Waals surface area contributed by atoms with Crippen LogP contribution in [0.4, 0.5) is 13.2 Å². The van der Waals surface area contributed by atoms with E-state index in [0.29, 0.717) is 38.0 Å². The van der Waals surface area contributed by atoms with Crippen LogP contribution in [0.25, 0.3) is 10.8 Å². The summed E-state index contributed by atoms with van der Waals surface area (Å²) in [6.07, 6.45) is -2.94. The Kier molecular flexibility index (Phi) is 11.7. The zero-order valence-corrected chi connectivity index (χ0v) is 20.5. The Balaban J connectivity index is 0.000000638. The van der Waals surface area contributed by atoms with Crippen molar-refractivity contribution in [2.75, 3.05) is 6.54 Å². The first-order valence-corrected chi connectivity index (χ1v) is 11.8. The van der Waals surface area contributed by atoms with Crippen molar-refractivity contribution in [1.82, 2.24) is 5.32 Å². The van der Waals surface area contributed by atoms with E-state index >= 15 is 0 Å². The van der Waals surface area contributed by atoms with Crippen LogP contribution in [0, 0.1) is 0 Å². The number of alkyl halides is 3. The third kappa shape index (κ3) is 10.2. The number of benzene rings is 3. The number of hydrogen-bond acceptors (Lipinski definition) is 6. The van der Waals surface area contributed by atoms with Crippen molar-refractivity contribution in [3.63, 3.8) is 0 Å². The number of carboxylic acids is 1. The predicted octanol–water partition coefficient (Wildman–Crippen LogP) is 3.56. The van der Waals surface area contributed by atoms with Crippen molar-refractivity contribution in [2.45, 2.75) is 43.9 Å². The molecule has 0 aliphatic rings. The van der Waals surface area contributed by atoms with Gasteiger partial charge in [-0.1, -0.05) is 60.7 Å². The van der Waals surface area contributed by atoms with Crippen LogP contribution in [-0.4, -0.2) is 47.8 Å². The normalized spacial score (nSPS) is 12.6. The van der Waals surface area contributed by atoms with Crippen molar-refractivity contribution < 1.29 is 37.4 Å². The van der Waals surface area contributed by atoms with Crippen molar-refractivity contribution in [3.8, 4) is 5.75 Å². The average molecular weight is 534 g/mol. The highest BCUT2D eigenvalue weighted by Gasteiger charge is 2.38. The Morgan fingerprint density at radius 3 is 2.13 bits per heavy atom. The minimum atomic E-state index is -5.08. The standard InChI is InChI=1S/C25H29N3O3.C2HF3O2/c26-16-6-11-23(28-24(29)22(27)15-12-18-7-2-1-3-8-18)25(30)31-21-14-13-19-9-4-5-10-20(19)17-21;3-2(4,5)1(6)7/h1-5,7-10,13-14,17,22-23H,6,11-12,15-16,26-27H2,(H,28,29);(H,6,7)/t22-,23-;/m0./s1. The van der Waals surface area contributed by atoms with Gasteiger partial charge in [-0.3, -0.25) is 4.79 Å². The number of nitrogens with two attached hydrogens (primary N) is 2. The summed E-state index contributed by atoms with van der Waals surface area (Å²) in [6, 6.07) is 21.6. The van der Waals surface area contributed by atoms with Gasteiger partial charge < -0.3 is 26.6 Å². The maximum Gasteiger partial charge on any atom is 0.490 e. The summed E-state index contributed by atoms with van der Waals surface area (Å²) in [5, 5.41) is 11.9. The molecule has 3 aromatic carbocycles. The second-order valence-corrected chi connectivity index (χ2v) is 8.36. The number of esters is 1. The Morgan fingerprint density at radius 1 is 0.921 bits per heavy atom. The van der Waals surface area contributed by atoms with Crippen molar-refractivity contribution in [1.29, 1.82) is 0 Å². The molecule has 0 aromatic heterocycles. The lowest BCUT2D eigenvalue weighted by Crippen LogP contribution is -2.49. The van der Waals surface area contributed by atoms with E-state index < -0.39 is 30.2 Å². The first-order chi connectivity index (χ1) is 18.0. The lowest BCUT2D eigenvalue weighted by Gasteiger charge is -2.20. The van der Waals surface area contributed by atoms with Gasteiger partial charge in [-0.15, -0.1) is 0 Å². The summed E-state index contributed by atoms with van der Waals surface area (Å²) in [5.74, 6) is -3.21. The topological polar surface area (TPSA) is 145 Å². The number of halogens is 3. The molecule has 0 saturated heterocycles. The molecule has 2 atom stereocenters. The van der Waals surface area contributed by atoms with Gasteiger partial charge in [0.1, 0.15) is 11.8 Å². The SMILES string of the molecule is NCCC[C@H](NC(=O)[C@@H](N)CCc1ccccc1)C(=O)Oc1ccc2ccccc2c1.O=C(O)C(F)(F)F. The molecule has 0 spiro atoms.